The van der Waals surface area contributed by atoms with E-state index in [2.05, 4.69) is 30.4 Å². The van der Waals surface area contributed by atoms with E-state index >= 15 is 0 Å². The van der Waals surface area contributed by atoms with Crippen molar-refractivity contribution in [2.24, 2.45) is 23.2 Å². The first-order valence-electron chi connectivity index (χ1n) is 15.6. The zero-order valence-corrected chi connectivity index (χ0v) is 25.1. The minimum absolute atomic E-state index is 0.0714. The number of carbonyl (C=O) groups is 3. The van der Waals surface area contributed by atoms with E-state index in [4.69, 9.17) is 9.47 Å². The summed E-state index contributed by atoms with van der Waals surface area (Å²) >= 11 is 0. The number of unbranched alkanes of at least 4 members (excludes halogenated alkanes) is 7. The average Bonchev–Trinajstić information content (AvgIpc) is 3.24. The Morgan fingerprint density at radius 1 is 0.950 bits per heavy atom. The van der Waals surface area contributed by atoms with Crippen molar-refractivity contribution in [2.45, 2.75) is 117 Å². The smallest absolute Gasteiger partial charge is 0.308 e. The lowest BCUT2D eigenvalue weighted by molar-refractivity contribution is -0.140. The third-order valence-corrected chi connectivity index (χ3v) is 9.91. The zero-order valence-electron chi connectivity index (χ0n) is 25.1. The average molecular weight is 552 g/mol. The Kier molecular flexibility index (Phi) is 10.5. The van der Waals surface area contributed by atoms with Gasteiger partial charge in [0, 0.05) is 32.7 Å². The number of amides is 1. The summed E-state index contributed by atoms with van der Waals surface area (Å²) in [5.41, 5.74) is 2.70. The van der Waals surface area contributed by atoms with Crippen LogP contribution in [0.4, 0.5) is 0 Å². The van der Waals surface area contributed by atoms with Crippen molar-refractivity contribution in [1.82, 2.24) is 5.32 Å². The quantitative estimate of drug-likeness (QED) is 0.157. The molecule has 6 heteroatoms. The third kappa shape index (κ3) is 7.16. The van der Waals surface area contributed by atoms with E-state index in [0.717, 1.165) is 44.3 Å². The maximum absolute atomic E-state index is 11.9. The fourth-order valence-electron chi connectivity index (χ4n) is 8.00. The second-order valence-corrected chi connectivity index (χ2v) is 12.6. The molecular formula is C34H49NO5. The molecule has 6 nitrogen and oxygen atoms in total. The van der Waals surface area contributed by atoms with Crippen LogP contribution >= 0.6 is 0 Å². The molecule has 4 rings (SSSR count). The first-order valence-corrected chi connectivity index (χ1v) is 15.6. The highest BCUT2D eigenvalue weighted by Crippen LogP contribution is 2.63. The van der Waals surface area contributed by atoms with Gasteiger partial charge in [0.1, 0.15) is 11.5 Å². The Labute approximate surface area is 240 Å². The fraction of sp³-hybridized carbons (Fsp3) is 0.676. The molecule has 1 amide bonds. The van der Waals surface area contributed by atoms with Crippen LogP contribution in [0.1, 0.15) is 121 Å². The number of allylic oxidation sites excluding steroid dienone is 2. The minimum atomic E-state index is -0.278. The number of esters is 2. The van der Waals surface area contributed by atoms with Gasteiger partial charge in [0.25, 0.3) is 0 Å². The van der Waals surface area contributed by atoms with Crippen LogP contribution in [-0.2, 0) is 25.5 Å². The normalized spacial score (nSPS) is 26.6. The van der Waals surface area contributed by atoms with Gasteiger partial charge in [-0.15, -0.1) is 0 Å². The van der Waals surface area contributed by atoms with Gasteiger partial charge < -0.3 is 14.8 Å². The lowest BCUT2D eigenvalue weighted by Gasteiger charge is -2.52. The Morgan fingerprint density at radius 3 is 2.30 bits per heavy atom. The van der Waals surface area contributed by atoms with Crippen LogP contribution in [0.3, 0.4) is 0 Å². The summed E-state index contributed by atoms with van der Waals surface area (Å²) in [6.45, 7) is 5.29. The van der Waals surface area contributed by atoms with Crippen LogP contribution in [0.2, 0.25) is 0 Å². The molecule has 40 heavy (non-hydrogen) atoms. The standard InChI is InChI=1S/C34H49NO5/c1-23(36)39-27-15-16-28-26(22-27)21-25(13-11-9-7-5-6-8-10-12-14-32(38)35-4)33-29(28)19-20-34(3)30(33)17-18-31(34)40-24(2)37/h15-16,18,22,25,29-30,33H,5-14,17,19-21H2,1-4H3,(H,35,38)/t25-,29?,30?,33?,34+/m1/s1. The molecule has 0 bridgehead atoms. The van der Waals surface area contributed by atoms with Crippen molar-refractivity contribution in [2.75, 3.05) is 7.05 Å². The highest BCUT2D eigenvalue weighted by atomic mass is 16.5. The predicted molar refractivity (Wildman–Crippen MR) is 157 cm³/mol. The molecule has 1 saturated carbocycles. The molecule has 0 aliphatic heterocycles. The van der Waals surface area contributed by atoms with Gasteiger partial charge in [0.05, 0.1) is 0 Å². The molecule has 3 unspecified atom stereocenters. The summed E-state index contributed by atoms with van der Waals surface area (Å²) in [6.07, 6.45) is 17.8. The van der Waals surface area contributed by atoms with E-state index in [1.807, 2.05) is 6.07 Å². The van der Waals surface area contributed by atoms with E-state index in [9.17, 15) is 14.4 Å². The molecule has 5 atom stereocenters. The fourth-order valence-corrected chi connectivity index (χ4v) is 8.00. The molecule has 1 aromatic carbocycles. The van der Waals surface area contributed by atoms with Crippen LogP contribution in [0, 0.1) is 23.2 Å². The molecule has 1 N–H and O–H groups in total. The van der Waals surface area contributed by atoms with Crippen LogP contribution in [-0.4, -0.2) is 24.9 Å². The summed E-state index contributed by atoms with van der Waals surface area (Å²) in [6, 6.07) is 6.27. The Morgan fingerprint density at radius 2 is 1.62 bits per heavy atom. The molecule has 3 aliphatic rings. The second-order valence-electron chi connectivity index (χ2n) is 12.6. The zero-order chi connectivity index (χ0) is 28.7. The van der Waals surface area contributed by atoms with Gasteiger partial charge in [-0.3, -0.25) is 14.4 Å². The Bertz CT molecular complexity index is 1090. The number of hydrogen-bond acceptors (Lipinski definition) is 5. The van der Waals surface area contributed by atoms with Crippen molar-refractivity contribution in [3.05, 3.63) is 41.2 Å². The summed E-state index contributed by atoms with van der Waals surface area (Å²) in [5.74, 6) is 3.32. The largest absolute Gasteiger partial charge is 0.431 e. The monoisotopic (exact) mass is 551 g/mol. The van der Waals surface area contributed by atoms with Crippen molar-refractivity contribution >= 4 is 17.8 Å². The number of rotatable bonds is 13. The first kappa shape index (κ1) is 30.3. The molecule has 1 fully saturated rings. The van der Waals surface area contributed by atoms with Crippen molar-refractivity contribution in [1.29, 1.82) is 0 Å². The predicted octanol–water partition coefficient (Wildman–Crippen LogP) is 7.40. The molecule has 0 saturated heterocycles. The molecule has 0 spiro atoms. The molecule has 0 aromatic heterocycles. The molecule has 220 valence electrons. The van der Waals surface area contributed by atoms with Gasteiger partial charge in [-0.05, 0) is 91.5 Å². The lowest BCUT2D eigenvalue weighted by Crippen LogP contribution is -2.45. The van der Waals surface area contributed by atoms with Gasteiger partial charge in [-0.2, -0.15) is 0 Å². The molecular weight excluding hydrogens is 502 g/mol. The number of ether oxygens (including phenoxy) is 2. The van der Waals surface area contributed by atoms with Gasteiger partial charge in [0.15, 0.2) is 0 Å². The highest BCUT2D eigenvalue weighted by molar-refractivity contribution is 5.75. The summed E-state index contributed by atoms with van der Waals surface area (Å²) in [4.78, 5) is 34.8. The number of fused-ring (bicyclic) bond motifs is 5. The van der Waals surface area contributed by atoms with Crippen LogP contribution in [0.15, 0.2) is 30.0 Å². The minimum Gasteiger partial charge on any atom is -0.431 e. The topological polar surface area (TPSA) is 81.7 Å². The Balaban J connectivity index is 1.38. The Hall–Kier alpha value is -2.63. The van der Waals surface area contributed by atoms with E-state index < -0.39 is 0 Å². The highest BCUT2D eigenvalue weighted by Gasteiger charge is 2.55. The van der Waals surface area contributed by atoms with Crippen LogP contribution < -0.4 is 10.1 Å². The van der Waals surface area contributed by atoms with E-state index in [-0.39, 0.29) is 23.3 Å². The van der Waals surface area contributed by atoms with Crippen molar-refractivity contribution in [3.63, 3.8) is 0 Å². The molecule has 0 heterocycles. The number of carbonyl (C=O) groups excluding carboxylic acids is 3. The maximum atomic E-state index is 11.9. The number of benzene rings is 1. The summed E-state index contributed by atoms with van der Waals surface area (Å²) in [5, 5.41) is 2.69. The maximum Gasteiger partial charge on any atom is 0.308 e. The molecule has 1 aromatic rings. The number of nitrogens with one attached hydrogen (secondary N) is 1. The molecule has 3 aliphatic carbocycles. The van der Waals surface area contributed by atoms with E-state index in [1.54, 1.807) is 7.05 Å². The summed E-state index contributed by atoms with van der Waals surface area (Å²) in [7, 11) is 1.70. The molecule has 0 radical (unpaired) electrons. The van der Waals surface area contributed by atoms with Crippen LogP contribution in [0.5, 0.6) is 5.75 Å². The van der Waals surface area contributed by atoms with Crippen LogP contribution in [0.25, 0.3) is 0 Å². The van der Waals surface area contributed by atoms with Gasteiger partial charge in [-0.25, -0.2) is 0 Å². The lowest BCUT2D eigenvalue weighted by atomic mass is 9.52. The van der Waals surface area contributed by atoms with E-state index in [1.165, 1.54) is 69.9 Å². The van der Waals surface area contributed by atoms with Gasteiger partial charge in [-0.1, -0.05) is 57.9 Å². The SMILES string of the molecule is CNC(=O)CCCCCCCCCC[C@@H]1Cc2cc(OC(C)=O)ccc2C2CC[C@]3(C)C(OC(C)=O)=CCC3C21. The van der Waals surface area contributed by atoms with Gasteiger partial charge >= 0.3 is 11.9 Å². The second kappa shape index (κ2) is 13.8. The third-order valence-electron chi connectivity index (χ3n) is 9.91. The van der Waals surface area contributed by atoms with Crippen molar-refractivity contribution < 1.29 is 23.9 Å². The summed E-state index contributed by atoms with van der Waals surface area (Å²) < 4.78 is 11.2. The van der Waals surface area contributed by atoms with Crippen molar-refractivity contribution in [3.8, 4) is 5.75 Å². The first-order chi connectivity index (χ1) is 19.2. The number of hydrogen-bond donors (Lipinski definition) is 1. The van der Waals surface area contributed by atoms with E-state index in [0.29, 0.717) is 35.8 Å². The van der Waals surface area contributed by atoms with Gasteiger partial charge in [0.2, 0.25) is 5.91 Å².